The summed E-state index contributed by atoms with van der Waals surface area (Å²) in [6.45, 7) is 5.05. The van der Waals surface area contributed by atoms with Crippen molar-refractivity contribution in [1.29, 1.82) is 0 Å². The third kappa shape index (κ3) is 5.86. The fraction of sp³-hybridized carbons (Fsp3) is 0.458. The number of nitrogens with zero attached hydrogens (tertiary/aromatic N) is 1. The molecule has 1 saturated heterocycles. The third-order valence-corrected chi connectivity index (χ3v) is 6.05. The Morgan fingerprint density at radius 3 is 2.28 bits per heavy atom. The van der Waals surface area contributed by atoms with E-state index in [-0.39, 0.29) is 11.6 Å². The fourth-order valence-electron chi connectivity index (χ4n) is 4.45. The van der Waals surface area contributed by atoms with Gasteiger partial charge in [-0.3, -0.25) is 4.90 Å². The predicted molar refractivity (Wildman–Crippen MR) is 113 cm³/mol. The van der Waals surface area contributed by atoms with Gasteiger partial charge in [-0.1, -0.05) is 12.1 Å². The Morgan fingerprint density at radius 2 is 1.72 bits per heavy atom. The molecule has 0 bridgehead atoms. The highest BCUT2D eigenvalue weighted by molar-refractivity contribution is 5.53. The zero-order chi connectivity index (χ0) is 20.9. The van der Waals surface area contributed by atoms with Crippen molar-refractivity contribution in [2.75, 3.05) is 25.5 Å². The average Bonchev–Trinajstić information content (AvgIpc) is 2.69. The maximum Gasteiger partial charge on any atom is 0.125 e. The lowest BCUT2D eigenvalue weighted by Gasteiger charge is -2.53. The van der Waals surface area contributed by atoms with E-state index in [2.05, 4.69) is 10.2 Å². The van der Waals surface area contributed by atoms with Crippen LogP contribution in [0.25, 0.3) is 0 Å². The molecule has 156 valence electrons. The Balaban J connectivity index is 0.000000204. The molecule has 0 radical (unpaired) electrons. The Hall–Kier alpha value is -2.27. The molecule has 3 nitrogen and oxygen atoms in total. The lowest BCUT2D eigenvalue weighted by molar-refractivity contribution is -0.114. The number of carbonyl (C=O) groups excluding carboxylic acids is 1. The van der Waals surface area contributed by atoms with Crippen molar-refractivity contribution in [3.05, 3.63) is 65.2 Å². The first kappa shape index (κ1) is 21.4. The molecule has 4 rings (SSSR count). The van der Waals surface area contributed by atoms with Gasteiger partial charge in [0.15, 0.2) is 0 Å². The number of likely N-dealkylation sites (tertiary alicyclic amines) is 1. The number of halogens is 2. The van der Waals surface area contributed by atoms with E-state index in [1.54, 1.807) is 7.05 Å². The molecule has 2 aliphatic rings. The largest absolute Gasteiger partial charge is 0.388 e. The maximum absolute atomic E-state index is 12.8. The standard InChI is InChI=1S/C16H20FNO.C8H10FN/c17-15-3-1-13(2-4-15)9-18-11-16(12-18)7-5-14(10-19)6-8-16;1-6-3-7(9)5-8(4-6)10-2/h1-4,10,14H,5-9,11-12H2;3-5,10H,1-2H3. The Morgan fingerprint density at radius 1 is 1.07 bits per heavy atom. The normalized spacial score (nSPS) is 18.5. The van der Waals surface area contributed by atoms with Crippen LogP contribution in [0.3, 0.4) is 0 Å². The van der Waals surface area contributed by atoms with Crippen LogP contribution in [0.2, 0.25) is 0 Å². The van der Waals surface area contributed by atoms with Crippen LogP contribution < -0.4 is 5.32 Å². The van der Waals surface area contributed by atoms with Crippen molar-refractivity contribution in [1.82, 2.24) is 4.90 Å². The van der Waals surface area contributed by atoms with Crippen molar-refractivity contribution in [3.8, 4) is 0 Å². The lowest BCUT2D eigenvalue weighted by atomic mass is 9.66. The summed E-state index contributed by atoms with van der Waals surface area (Å²) in [5.74, 6) is -0.0582. The van der Waals surface area contributed by atoms with Gasteiger partial charge in [0.2, 0.25) is 0 Å². The van der Waals surface area contributed by atoms with Crippen LogP contribution in [-0.4, -0.2) is 31.3 Å². The van der Waals surface area contributed by atoms with Gasteiger partial charge in [0.05, 0.1) is 0 Å². The van der Waals surface area contributed by atoms with Gasteiger partial charge >= 0.3 is 0 Å². The molecule has 2 fully saturated rings. The molecule has 2 aromatic rings. The van der Waals surface area contributed by atoms with Gasteiger partial charge in [-0.15, -0.1) is 0 Å². The number of hydrogen-bond acceptors (Lipinski definition) is 3. The van der Waals surface area contributed by atoms with E-state index in [1.807, 2.05) is 25.1 Å². The number of aldehydes is 1. The highest BCUT2D eigenvalue weighted by atomic mass is 19.1. The van der Waals surface area contributed by atoms with E-state index in [9.17, 15) is 13.6 Å². The molecule has 1 aliphatic carbocycles. The molecule has 1 aliphatic heterocycles. The number of anilines is 1. The number of nitrogens with one attached hydrogen (secondary N) is 1. The molecular weight excluding hydrogens is 370 g/mol. The zero-order valence-corrected chi connectivity index (χ0v) is 17.3. The van der Waals surface area contributed by atoms with Crippen LogP contribution in [0.4, 0.5) is 14.5 Å². The number of aryl methyl sites for hydroxylation is 1. The topological polar surface area (TPSA) is 32.3 Å². The first-order valence-electron chi connectivity index (χ1n) is 10.3. The van der Waals surface area contributed by atoms with E-state index in [4.69, 9.17) is 0 Å². The predicted octanol–water partition coefficient (Wildman–Crippen LogP) is 5.19. The minimum atomic E-state index is -0.190. The van der Waals surface area contributed by atoms with E-state index >= 15 is 0 Å². The van der Waals surface area contributed by atoms with Crippen LogP contribution in [0, 0.1) is 29.9 Å². The molecule has 5 heteroatoms. The smallest absolute Gasteiger partial charge is 0.125 e. The van der Waals surface area contributed by atoms with Gasteiger partial charge in [-0.2, -0.15) is 0 Å². The fourth-order valence-corrected chi connectivity index (χ4v) is 4.45. The molecule has 0 atom stereocenters. The summed E-state index contributed by atoms with van der Waals surface area (Å²) < 4.78 is 25.4. The van der Waals surface area contributed by atoms with E-state index in [0.29, 0.717) is 11.3 Å². The SMILES string of the molecule is CNc1cc(C)cc(F)c1.O=CC1CCC2(CC1)CN(Cc1ccc(F)cc1)C2. The van der Waals surface area contributed by atoms with Gasteiger partial charge in [0, 0.05) is 38.3 Å². The van der Waals surface area contributed by atoms with Gasteiger partial charge in [0.25, 0.3) is 0 Å². The van der Waals surface area contributed by atoms with Gasteiger partial charge in [-0.05, 0) is 79.5 Å². The van der Waals surface area contributed by atoms with E-state index in [1.165, 1.54) is 42.7 Å². The van der Waals surface area contributed by atoms with Crippen LogP contribution in [0.15, 0.2) is 42.5 Å². The molecule has 2 aromatic carbocycles. The molecule has 1 saturated carbocycles. The second kappa shape index (κ2) is 9.49. The highest BCUT2D eigenvalue weighted by Gasteiger charge is 2.44. The third-order valence-electron chi connectivity index (χ3n) is 6.05. The Labute approximate surface area is 172 Å². The van der Waals surface area contributed by atoms with Crippen LogP contribution >= 0.6 is 0 Å². The first-order valence-corrected chi connectivity index (χ1v) is 10.3. The summed E-state index contributed by atoms with van der Waals surface area (Å²) in [6, 6.07) is 11.6. The highest BCUT2D eigenvalue weighted by Crippen LogP contribution is 2.45. The molecule has 29 heavy (non-hydrogen) atoms. The van der Waals surface area contributed by atoms with Crippen LogP contribution in [0.5, 0.6) is 0 Å². The number of hydrogen-bond donors (Lipinski definition) is 1. The van der Waals surface area contributed by atoms with Crippen molar-refractivity contribution < 1.29 is 13.6 Å². The molecule has 0 aromatic heterocycles. The number of carbonyl (C=O) groups is 1. The van der Waals surface area contributed by atoms with Crippen molar-refractivity contribution in [2.45, 2.75) is 39.2 Å². The summed E-state index contributed by atoms with van der Waals surface area (Å²) in [5, 5.41) is 2.87. The van der Waals surface area contributed by atoms with Gasteiger partial charge < -0.3 is 10.1 Å². The second-order valence-electron chi connectivity index (χ2n) is 8.51. The molecule has 1 N–H and O–H groups in total. The number of benzene rings is 2. The molecule has 0 amide bonds. The monoisotopic (exact) mass is 400 g/mol. The Bertz CT molecular complexity index is 786. The summed E-state index contributed by atoms with van der Waals surface area (Å²) in [5.41, 5.74) is 3.40. The van der Waals surface area contributed by atoms with E-state index in [0.717, 1.165) is 50.0 Å². The minimum Gasteiger partial charge on any atom is -0.388 e. The van der Waals surface area contributed by atoms with Gasteiger partial charge in [-0.25, -0.2) is 8.78 Å². The number of rotatable bonds is 4. The average molecular weight is 401 g/mol. The van der Waals surface area contributed by atoms with Crippen LogP contribution in [0.1, 0.15) is 36.8 Å². The lowest BCUT2D eigenvalue weighted by Crippen LogP contribution is -2.56. The zero-order valence-electron chi connectivity index (χ0n) is 17.3. The Kier molecular flexibility index (Phi) is 7.01. The molecular formula is C24H30F2N2O. The van der Waals surface area contributed by atoms with Crippen LogP contribution in [-0.2, 0) is 11.3 Å². The van der Waals surface area contributed by atoms with Gasteiger partial charge in [0.1, 0.15) is 17.9 Å². The summed E-state index contributed by atoms with van der Waals surface area (Å²) in [4.78, 5) is 13.2. The molecule has 1 spiro atoms. The van der Waals surface area contributed by atoms with Crippen molar-refractivity contribution >= 4 is 12.0 Å². The van der Waals surface area contributed by atoms with Crippen molar-refractivity contribution in [3.63, 3.8) is 0 Å². The second-order valence-corrected chi connectivity index (χ2v) is 8.51. The van der Waals surface area contributed by atoms with Crippen molar-refractivity contribution in [2.24, 2.45) is 11.3 Å². The summed E-state index contributed by atoms with van der Waals surface area (Å²) in [6.07, 6.45) is 5.64. The minimum absolute atomic E-state index is 0.170. The molecule has 0 unspecified atom stereocenters. The summed E-state index contributed by atoms with van der Waals surface area (Å²) >= 11 is 0. The van der Waals surface area contributed by atoms with E-state index < -0.39 is 0 Å². The molecule has 1 heterocycles. The quantitative estimate of drug-likeness (QED) is 0.717. The maximum atomic E-state index is 12.8. The summed E-state index contributed by atoms with van der Waals surface area (Å²) in [7, 11) is 1.77. The first-order chi connectivity index (χ1) is 13.9.